The molecule has 3 aromatic rings. The van der Waals surface area contributed by atoms with E-state index >= 15 is 0 Å². The largest absolute Gasteiger partial charge is 0.491 e. The molecule has 1 unspecified atom stereocenters. The van der Waals surface area contributed by atoms with Crippen LogP contribution in [-0.4, -0.2) is 33.6 Å². The number of amides is 1. The van der Waals surface area contributed by atoms with Gasteiger partial charge in [-0.3, -0.25) is 4.79 Å². The zero-order valence-electron chi connectivity index (χ0n) is 16.6. The second-order valence-electron chi connectivity index (χ2n) is 7.60. The smallest absolute Gasteiger partial charge is 0.232 e. The summed E-state index contributed by atoms with van der Waals surface area (Å²) >= 11 is 0. The van der Waals surface area contributed by atoms with Crippen LogP contribution in [0.15, 0.2) is 47.0 Å². The lowest BCUT2D eigenvalue weighted by Gasteiger charge is -2.16. The van der Waals surface area contributed by atoms with E-state index in [1.807, 2.05) is 38.1 Å². The second-order valence-corrected chi connectivity index (χ2v) is 7.60. The highest BCUT2D eigenvalue weighted by Gasteiger charge is 2.34. The minimum Gasteiger partial charge on any atom is -0.491 e. The van der Waals surface area contributed by atoms with Crippen LogP contribution in [0.2, 0.25) is 0 Å². The van der Waals surface area contributed by atoms with Crippen LogP contribution < -0.4 is 4.74 Å². The van der Waals surface area contributed by atoms with Crippen molar-refractivity contribution < 1.29 is 22.8 Å². The Morgan fingerprint density at radius 3 is 2.53 bits per heavy atom. The summed E-state index contributed by atoms with van der Waals surface area (Å²) in [5.41, 5.74) is 1.17. The summed E-state index contributed by atoms with van der Waals surface area (Å²) < 4.78 is 37.8. The van der Waals surface area contributed by atoms with Gasteiger partial charge < -0.3 is 14.2 Å². The number of ether oxygens (including phenoxy) is 1. The highest BCUT2D eigenvalue weighted by molar-refractivity contribution is 5.79. The van der Waals surface area contributed by atoms with E-state index in [0.29, 0.717) is 23.8 Å². The average Bonchev–Trinajstić information content (AvgIpc) is 3.29. The van der Waals surface area contributed by atoms with E-state index in [1.165, 1.54) is 12.1 Å². The quantitative estimate of drug-likeness (QED) is 0.602. The molecule has 156 valence electrons. The van der Waals surface area contributed by atoms with Crippen LogP contribution in [0.3, 0.4) is 0 Å². The second kappa shape index (κ2) is 8.22. The Morgan fingerprint density at radius 2 is 1.87 bits per heavy atom. The third-order valence-corrected chi connectivity index (χ3v) is 4.79. The molecule has 4 rings (SSSR count). The van der Waals surface area contributed by atoms with Crippen LogP contribution in [-0.2, 0) is 11.3 Å². The highest BCUT2D eigenvalue weighted by atomic mass is 19.1. The Balaban J connectivity index is 1.44. The Labute approximate surface area is 172 Å². The molecule has 1 aliphatic rings. The molecule has 0 N–H and O–H groups in total. The van der Waals surface area contributed by atoms with Crippen molar-refractivity contribution in [1.29, 1.82) is 0 Å². The van der Waals surface area contributed by atoms with Gasteiger partial charge in [0.05, 0.1) is 12.0 Å². The molecule has 1 amide bonds. The Morgan fingerprint density at radius 1 is 1.17 bits per heavy atom. The summed E-state index contributed by atoms with van der Waals surface area (Å²) in [7, 11) is 0. The molecule has 0 radical (unpaired) electrons. The van der Waals surface area contributed by atoms with E-state index in [9.17, 15) is 13.6 Å². The number of halogens is 2. The predicted molar refractivity (Wildman–Crippen MR) is 105 cm³/mol. The maximum Gasteiger partial charge on any atom is 0.232 e. The molecule has 0 aliphatic carbocycles. The lowest BCUT2D eigenvalue weighted by atomic mass is 10.1. The van der Waals surface area contributed by atoms with Gasteiger partial charge in [-0.1, -0.05) is 5.16 Å². The summed E-state index contributed by atoms with van der Waals surface area (Å²) in [5.74, 6) is -0.171. The molecule has 1 fully saturated rings. The van der Waals surface area contributed by atoms with Crippen LogP contribution >= 0.6 is 0 Å². The third-order valence-electron chi connectivity index (χ3n) is 4.79. The first-order valence-corrected chi connectivity index (χ1v) is 9.71. The van der Waals surface area contributed by atoms with E-state index in [-0.39, 0.29) is 30.9 Å². The predicted octanol–water partition coefficient (Wildman–Crippen LogP) is 4.32. The van der Waals surface area contributed by atoms with Gasteiger partial charge in [-0.15, -0.1) is 0 Å². The number of benzene rings is 2. The van der Waals surface area contributed by atoms with E-state index < -0.39 is 11.6 Å². The maximum absolute atomic E-state index is 13.4. The van der Waals surface area contributed by atoms with Crippen molar-refractivity contribution in [3.8, 4) is 17.1 Å². The van der Waals surface area contributed by atoms with Crippen molar-refractivity contribution in [3.05, 3.63) is 65.6 Å². The number of carbonyl (C=O) groups excluding carboxylic acids is 1. The lowest BCUT2D eigenvalue weighted by molar-refractivity contribution is -0.128. The van der Waals surface area contributed by atoms with Gasteiger partial charge in [-0.25, -0.2) is 8.78 Å². The Kier molecular flexibility index (Phi) is 5.48. The van der Waals surface area contributed by atoms with Gasteiger partial charge in [-0.05, 0) is 55.8 Å². The lowest BCUT2D eigenvalue weighted by Crippen LogP contribution is -2.24. The van der Waals surface area contributed by atoms with Crippen molar-refractivity contribution in [2.45, 2.75) is 38.8 Å². The van der Waals surface area contributed by atoms with Gasteiger partial charge in [0.1, 0.15) is 17.4 Å². The number of nitrogens with zero attached hydrogens (tertiary/aromatic N) is 3. The first-order valence-electron chi connectivity index (χ1n) is 9.71. The number of hydrogen-bond acceptors (Lipinski definition) is 5. The van der Waals surface area contributed by atoms with Crippen molar-refractivity contribution in [2.24, 2.45) is 0 Å². The van der Waals surface area contributed by atoms with Gasteiger partial charge in [0.2, 0.25) is 17.6 Å². The van der Waals surface area contributed by atoms with Crippen LogP contribution in [0.25, 0.3) is 11.4 Å². The highest BCUT2D eigenvalue weighted by Crippen LogP contribution is 2.30. The van der Waals surface area contributed by atoms with Gasteiger partial charge in [0, 0.05) is 31.1 Å². The van der Waals surface area contributed by atoms with E-state index in [1.54, 1.807) is 4.90 Å². The fourth-order valence-electron chi connectivity index (χ4n) is 3.49. The monoisotopic (exact) mass is 413 g/mol. The summed E-state index contributed by atoms with van der Waals surface area (Å²) in [6.45, 7) is 4.38. The first-order chi connectivity index (χ1) is 14.4. The number of hydrogen-bond donors (Lipinski definition) is 0. The summed E-state index contributed by atoms with van der Waals surface area (Å²) in [6.07, 6.45) is 0.292. The van der Waals surface area contributed by atoms with E-state index in [4.69, 9.17) is 9.26 Å². The summed E-state index contributed by atoms with van der Waals surface area (Å²) in [6, 6.07) is 10.6. The first kappa shape index (κ1) is 20.0. The minimum absolute atomic E-state index is 0.0827. The van der Waals surface area contributed by atoms with Gasteiger partial charge in [0.15, 0.2) is 0 Å². The molecule has 2 aromatic carbocycles. The van der Waals surface area contributed by atoms with Gasteiger partial charge >= 0.3 is 0 Å². The summed E-state index contributed by atoms with van der Waals surface area (Å²) in [5, 5.41) is 4.02. The molecule has 0 spiro atoms. The molecule has 1 aromatic heterocycles. The molecular weight excluding hydrogens is 392 g/mol. The Bertz CT molecular complexity index is 1030. The molecule has 1 saturated heterocycles. The molecule has 1 aliphatic heterocycles. The molecular formula is C22H21F2N3O3. The van der Waals surface area contributed by atoms with E-state index in [0.717, 1.165) is 17.4 Å². The molecule has 30 heavy (non-hydrogen) atoms. The minimum atomic E-state index is -0.667. The van der Waals surface area contributed by atoms with Crippen LogP contribution in [0, 0.1) is 11.6 Å². The molecule has 8 heteroatoms. The van der Waals surface area contributed by atoms with Crippen LogP contribution in [0.4, 0.5) is 8.78 Å². The van der Waals surface area contributed by atoms with Gasteiger partial charge in [0.25, 0.3) is 0 Å². The number of carbonyl (C=O) groups is 1. The third kappa shape index (κ3) is 4.48. The Hall–Kier alpha value is -3.29. The van der Waals surface area contributed by atoms with Crippen LogP contribution in [0.5, 0.6) is 5.75 Å². The molecule has 0 bridgehead atoms. The maximum atomic E-state index is 13.4. The zero-order valence-corrected chi connectivity index (χ0v) is 16.6. The van der Waals surface area contributed by atoms with E-state index in [2.05, 4.69) is 10.1 Å². The fraction of sp³-hybridized carbons (Fsp3) is 0.318. The standard InChI is InChI=1S/C22H21F2N3O3/c1-13(2)29-19-5-3-15(4-6-19)21-25-22(30-26-21)16-9-20(28)27(12-16)11-14-7-17(23)10-18(24)8-14/h3-8,10,13,16H,9,11-12H2,1-2H3. The van der Waals surface area contributed by atoms with Crippen LogP contribution in [0.1, 0.15) is 37.6 Å². The van der Waals surface area contributed by atoms with Gasteiger partial charge in [-0.2, -0.15) is 4.98 Å². The molecule has 0 saturated carbocycles. The van der Waals surface area contributed by atoms with Crippen molar-refractivity contribution in [2.75, 3.05) is 6.54 Å². The molecule has 1 atom stereocenters. The topological polar surface area (TPSA) is 68.5 Å². The van der Waals surface area contributed by atoms with Crippen molar-refractivity contribution in [3.63, 3.8) is 0 Å². The van der Waals surface area contributed by atoms with Crippen molar-refractivity contribution in [1.82, 2.24) is 15.0 Å². The summed E-state index contributed by atoms with van der Waals surface area (Å²) in [4.78, 5) is 18.4. The number of likely N-dealkylation sites (tertiary alicyclic amines) is 1. The number of aromatic nitrogens is 2. The average molecular weight is 413 g/mol. The number of rotatable bonds is 6. The zero-order chi connectivity index (χ0) is 21.3. The normalized spacial score (nSPS) is 16.5. The fourth-order valence-corrected chi connectivity index (χ4v) is 3.49. The SMILES string of the molecule is CC(C)Oc1ccc(-c2noc(C3CC(=O)N(Cc4cc(F)cc(F)c4)C3)n2)cc1. The van der Waals surface area contributed by atoms with Crippen molar-refractivity contribution >= 4 is 5.91 Å². The molecule has 2 heterocycles. The molecule has 6 nitrogen and oxygen atoms in total.